The van der Waals surface area contributed by atoms with Gasteiger partial charge in [-0.1, -0.05) is 0 Å². The molecule has 1 spiro atoms. The Hall–Kier alpha value is -0.610. The number of hydrogen-bond donors (Lipinski definition) is 0. The molecule has 2 saturated heterocycles. The fraction of sp³-hybridized carbons (Fsp3) is 0.933. The molecule has 19 heavy (non-hydrogen) atoms. The molecule has 0 aromatic heterocycles. The summed E-state index contributed by atoms with van der Waals surface area (Å²) < 4.78 is 11.2. The molecule has 1 saturated carbocycles. The SMILES string of the molecule is CCOC(=O)C1CCCN1C1CCOC2(CCC2)C1. The van der Waals surface area contributed by atoms with Crippen LogP contribution in [0.15, 0.2) is 0 Å². The van der Waals surface area contributed by atoms with Gasteiger partial charge in [0.2, 0.25) is 0 Å². The van der Waals surface area contributed by atoms with Gasteiger partial charge in [-0.25, -0.2) is 0 Å². The van der Waals surface area contributed by atoms with E-state index in [-0.39, 0.29) is 17.6 Å². The first-order chi connectivity index (χ1) is 9.24. The molecule has 0 aromatic rings. The second-order valence-corrected chi connectivity index (χ2v) is 6.18. The van der Waals surface area contributed by atoms with Gasteiger partial charge in [0, 0.05) is 12.6 Å². The van der Waals surface area contributed by atoms with Gasteiger partial charge < -0.3 is 9.47 Å². The lowest BCUT2D eigenvalue weighted by Crippen LogP contribution is -2.54. The summed E-state index contributed by atoms with van der Waals surface area (Å²) in [5.41, 5.74) is 0.157. The topological polar surface area (TPSA) is 38.8 Å². The molecule has 1 aliphatic carbocycles. The monoisotopic (exact) mass is 267 g/mol. The van der Waals surface area contributed by atoms with Gasteiger partial charge in [0.1, 0.15) is 6.04 Å². The van der Waals surface area contributed by atoms with Gasteiger partial charge in [0.15, 0.2) is 0 Å². The molecule has 2 heterocycles. The van der Waals surface area contributed by atoms with Crippen molar-refractivity contribution >= 4 is 5.97 Å². The zero-order valence-corrected chi connectivity index (χ0v) is 11.9. The van der Waals surface area contributed by atoms with Crippen molar-refractivity contribution in [2.75, 3.05) is 19.8 Å². The Labute approximate surface area is 115 Å². The van der Waals surface area contributed by atoms with Crippen molar-refractivity contribution in [3.8, 4) is 0 Å². The van der Waals surface area contributed by atoms with Crippen LogP contribution < -0.4 is 0 Å². The quantitative estimate of drug-likeness (QED) is 0.734. The van der Waals surface area contributed by atoms with Crippen molar-refractivity contribution in [1.82, 2.24) is 4.90 Å². The summed E-state index contributed by atoms with van der Waals surface area (Å²) in [6.45, 7) is 4.27. The summed E-state index contributed by atoms with van der Waals surface area (Å²) in [6.07, 6.45) is 7.98. The number of carbonyl (C=O) groups excluding carboxylic acids is 1. The van der Waals surface area contributed by atoms with E-state index in [9.17, 15) is 4.79 Å². The number of likely N-dealkylation sites (tertiary alicyclic amines) is 1. The van der Waals surface area contributed by atoms with Gasteiger partial charge in [-0.3, -0.25) is 9.69 Å². The number of carbonyl (C=O) groups is 1. The van der Waals surface area contributed by atoms with Crippen LogP contribution in [-0.4, -0.2) is 48.3 Å². The molecule has 3 fully saturated rings. The van der Waals surface area contributed by atoms with Gasteiger partial charge in [-0.15, -0.1) is 0 Å². The maximum absolute atomic E-state index is 12.0. The summed E-state index contributed by atoms with van der Waals surface area (Å²) in [5.74, 6) is -0.0193. The molecule has 3 aliphatic rings. The van der Waals surface area contributed by atoms with E-state index in [1.807, 2.05) is 6.92 Å². The molecule has 0 aromatic carbocycles. The fourth-order valence-corrected chi connectivity index (χ4v) is 3.92. The number of ether oxygens (including phenoxy) is 2. The first-order valence-electron chi connectivity index (χ1n) is 7.80. The minimum atomic E-state index is -0.0193. The number of rotatable bonds is 3. The Bertz CT molecular complexity index is 340. The Morgan fingerprint density at radius 2 is 2.21 bits per heavy atom. The number of hydrogen-bond acceptors (Lipinski definition) is 4. The van der Waals surface area contributed by atoms with Crippen LogP contribution in [0.4, 0.5) is 0 Å². The Balaban J connectivity index is 1.65. The number of esters is 1. The highest BCUT2D eigenvalue weighted by Crippen LogP contribution is 2.44. The molecule has 0 radical (unpaired) electrons. The Morgan fingerprint density at radius 3 is 2.89 bits per heavy atom. The predicted octanol–water partition coefficient (Wildman–Crippen LogP) is 2.12. The zero-order valence-electron chi connectivity index (χ0n) is 11.9. The molecule has 4 heteroatoms. The lowest BCUT2D eigenvalue weighted by molar-refractivity contribution is -0.161. The van der Waals surface area contributed by atoms with Crippen molar-refractivity contribution in [2.45, 2.75) is 69.6 Å². The minimum Gasteiger partial charge on any atom is -0.465 e. The van der Waals surface area contributed by atoms with Crippen LogP contribution in [0.1, 0.15) is 51.9 Å². The Morgan fingerprint density at radius 1 is 1.37 bits per heavy atom. The first kappa shape index (κ1) is 13.4. The maximum Gasteiger partial charge on any atom is 0.323 e. The van der Waals surface area contributed by atoms with Gasteiger partial charge in [-0.2, -0.15) is 0 Å². The highest BCUT2D eigenvalue weighted by Gasteiger charge is 2.46. The lowest BCUT2D eigenvalue weighted by Gasteiger charge is -2.49. The van der Waals surface area contributed by atoms with Crippen molar-refractivity contribution < 1.29 is 14.3 Å². The second kappa shape index (κ2) is 5.41. The van der Waals surface area contributed by atoms with E-state index in [0.29, 0.717) is 12.6 Å². The minimum absolute atomic E-state index is 0.000163. The fourth-order valence-electron chi connectivity index (χ4n) is 3.92. The standard InChI is InChI=1S/C15H25NO3/c1-2-18-14(17)13-5-3-9-16(13)12-6-10-19-15(11-12)7-4-8-15/h12-13H,2-11H2,1H3. The molecule has 0 N–H and O–H groups in total. The molecule has 4 nitrogen and oxygen atoms in total. The Kier molecular flexibility index (Phi) is 3.81. The van der Waals surface area contributed by atoms with Crippen LogP contribution >= 0.6 is 0 Å². The van der Waals surface area contributed by atoms with E-state index >= 15 is 0 Å². The molecular formula is C15H25NO3. The summed E-state index contributed by atoms with van der Waals surface area (Å²) in [4.78, 5) is 14.5. The van der Waals surface area contributed by atoms with Crippen molar-refractivity contribution in [3.63, 3.8) is 0 Å². The molecular weight excluding hydrogens is 242 g/mol. The van der Waals surface area contributed by atoms with E-state index in [4.69, 9.17) is 9.47 Å². The van der Waals surface area contributed by atoms with Crippen LogP contribution in [0.2, 0.25) is 0 Å². The van der Waals surface area contributed by atoms with Gasteiger partial charge in [0.05, 0.1) is 12.2 Å². The third kappa shape index (κ3) is 2.52. The predicted molar refractivity (Wildman–Crippen MR) is 71.9 cm³/mol. The van der Waals surface area contributed by atoms with E-state index in [1.54, 1.807) is 0 Å². The zero-order chi connectivity index (χ0) is 13.3. The van der Waals surface area contributed by atoms with Gasteiger partial charge in [0.25, 0.3) is 0 Å². The molecule has 2 unspecified atom stereocenters. The number of nitrogens with zero attached hydrogens (tertiary/aromatic N) is 1. The summed E-state index contributed by atoms with van der Waals surface area (Å²) in [5, 5.41) is 0. The van der Waals surface area contributed by atoms with E-state index < -0.39 is 0 Å². The van der Waals surface area contributed by atoms with Gasteiger partial charge in [-0.05, 0) is 58.4 Å². The van der Waals surface area contributed by atoms with Gasteiger partial charge >= 0.3 is 5.97 Å². The lowest BCUT2D eigenvalue weighted by atomic mass is 9.73. The molecule has 0 amide bonds. The average Bonchev–Trinajstić information content (AvgIpc) is 2.86. The summed E-state index contributed by atoms with van der Waals surface area (Å²) >= 11 is 0. The highest BCUT2D eigenvalue weighted by atomic mass is 16.5. The molecule has 0 bridgehead atoms. The second-order valence-electron chi connectivity index (χ2n) is 6.18. The third-order valence-corrected chi connectivity index (χ3v) is 5.05. The third-order valence-electron chi connectivity index (χ3n) is 5.05. The van der Waals surface area contributed by atoms with Crippen molar-refractivity contribution in [3.05, 3.63) is 0 Å². The van der Waals surface area contributed by atoms with Crippen molar-refractivity contribution in [2.24, 2.45) is 0 Å². The maximum atomic E-state index is 12.0. The normalized spacial score (nSPS) is 34.2. The van der Waals surface area contributed by atoms with E-state index in [0.717, 1.165) is 38.8 Å². The largest absolute Gasteiger partial charge is 0.465 e. The van der Waals surface area contributed by atoms with E-state index in [2.05, 4.69) is 4.90 Å². The average molecular weight is 267 g/mol. The molecule has 108 valence electrons. The van der Waals surface area contributed by atoms with Crippen LogP contribution in [0.3, 0.4) is 0 Å². The van der Waals surface area contributed by atoms with Crippen LogP contribution in [-0.2, 0) is 14.3 Å². The summed E-state index contributed by atoms with van der Waals surface area (Å²) in [7, 11) is 0. The van der Waals surface area contributed by atoms with Crippen LogP contribution in [0.5, 0.6) is 0 Å². The molecule has 3 rings (SSSR count). The molecule has 2 aliphatic heterocycles. The first-order valence-corrected chi connectivity index (χ1v) is 7.80. The van der Waals surface area contributed by atoms with E-state index in [1.165, 1.54) is 19.3 Å². The van der Waals surface area contributed by atoms with Crippen LogP contribution in [0.25, 0.3) is 0 Å². The smallest absolute Gasteiger partial charge is 0.323 e. The summed E-state index contributed by atoms with van der Waals surface area (Å²) in [6, 6.07) is 0.520. The molecule has 2 atom stereocenters. The van der Waals surface area contributed by atoms with Crippen molar-refractivity contribution in [1.29, 1.82) is 0 Å². The van der Waals surface area contributed by atoms with Crippen LogP contribution in [0, 0.1) is 0 Å². The highest BCUT2D eigenvalue weighted by molar-refractivity contribution is 5.76.